The van der Waals surface area contributed by atoms with Crippen LogP contribution in [-0.2, 0) is 4.79 Å². The lowest BCUT2D eigenvalue weighted by atomic mass is 9.82. The minimum Gasteiger partial charge on any atom is -0.497 e. The average molecular weight is 401 g/mol. The maximum atomic E-state index is 12.5. The van der Waals surface area contributed by atoms with Gasteiger partial charge in [-0.15, -0.1) is 0 Å². The van der Waals surface area contributed by atoms with Crippen molar-refractivity contribution in [1.82, 2.24) is 0 Å². The molecule has 1 aliphatic carbocycles. The van der Waals surface area contributed by atoms with Gasteiger partial charge in [0.05, 0.1) is 29.0 Å². The molecule has 3 aromatic rings. The summed E-state index contributed by atoms with van der Waals surface area (Å²) in [5, 5.41) is 9.79. The van der Waals surface area contributed by atoms with Crippen LogP contribution in [0, 0.1) is 5.92 Å². The predicted octanol–water partition coefficient (Wildman–Crippen LogP) is 4.36. The fraction of sp³-hybridized carbons (Fsp3) is 0.238. The molecule has 7 heteroatoms. The van der Waals surface area contributed by atoms with E-state index in [0.717, 1.165) is 0 Å². The van der Waals surface area contributed by atoms with Gasteiger partial charge in [-0.1, -0.05) is 17.7 Å². The van der Waals surface area contributed by atoms with Crippen LogP contribution in [0.4, 0.5) is 0 Å². The zero-order valence-corrected chi connectivity index (χ0v) is 15.7. The molecule has 28 heavy (non-hydrogen) atoms. The van der Waals surface area contributed by atoms with E-state index in [0.29, 0.717) is 51.7 Å². The first kappa shape index (κ1) is 18.4. The number of aliphatic carboxylic acids is 1. The van der Waals surface area contributed by atoms with E-state index < -0.39 is 11.9 Å². The van der Waals surface area contributed by atoms with Crippen LogP contribution in [0.2, 0.25) is 5.02 Å². The van der Waals surface area contributed by atoms with Crippen molar-refractivity contribution in [2.24, 2.45) is 5.92 Å². The molecule has 1 N–H and O–H groups in total. The fourth-order valence-corrected chi connectivity index (χ4v) is 3.46. The van der Waals surface area contributed by atoms with Crippen molar-refractivity contribution in [3.05, 3.63) is 57.7 Å². The summed E-state index contributed by atoms with van der Waals surface area (Å²) < 4.78 is 17.2. The predicted molar refractivity (Wildman–Crippen MR) is 104 cm³/mol. The number of carboxylic acid groups (broad SMARTS) is 1. The Labute approximate surface area is 165 Å². The molecule has 0 saturated heterocycles. The number of hydrogen-bond donors (Lipinski definition) is 1. The Morgan fingerprint density at radius 3 is 2.71 bits per heavy atom. The summed E-state index contributed by atoms with van der Waals surface area (Å²) in [6.45, 7) is 0. The molecule has 1 aromatic heterocycles. The van der Waals surface area contributed by atoms with Crippen molar-refractivity contribution in [3.63, 3.8) is 0 Å². The normalized spacial score (nSPS) is 18.5. The summed E-state index contributed by atoms with van der Waals surface area (Å²) >= 11 is 6.20. The highest BCUT2D eigenvalue weighted by molar-refractivity contribution is 6.34. The van der Waals surface area contributed by atoms with Crippen LogP contribution in [0.5, 0.6) is 11.5 Å². The number of fused-ring (bicyclic) bond motifs is 1. The molecule has 0 spiro atoms. The zero-order chi connectivity index (χ0) is 19.8. The number of methoxy groups -OCH3 is 1. The van der Waals surface area contributed by atoms with Gasteiger partial charge in [0.2, 0.25) is 0 Å². The number of ether oxygens (including phenoxy) is 2. The quantitative estimate of drug-likeness (QED) is 0.684. The Hall–Kier alpha value is -2.99. The van der Waals surface area contributed by atoms with E-state index >= 15 is 0 Å². The van der Waals surface area contributed by atoms with Gasteiger partial charge in [0, 0.05) is 12.1 Å². The molecule has 1 saturated carbocycles. The molecule has 2 aromatic carbocycles. The van der Waals surface area contributed by atoms with Crippen LogP contribution >= 0.6 is 11.6 Å². The number of carbonyl (C=O) groups is 1. The molecule has 6 nitrogen and oxygen atoms in total. The SMILES string of the molecule is COc1ccc(-c2cc(=O)c3cccc(Cl)c3o2)c(OC2CC(C(=O)O)C2)c1. The van der Waals surface area contributed by atoms with E-state index in [-0.39, 0.29) is 11.5 Å². The number of carboxylic acids is 1. The largest absolute Gasteiger partial charge is 0.497 e. The van der Waals surface area contributed by atoms with Crippen LogP contribution in [0.15, 0.2) is 51.7 Å². The topological polar surface area (TPSA) is 86.0 Å². The Bertz CT molecular complexity index is 1110. The van der Waals surface area contributed by atoms with Crippen molar-refractivity contribution in [3.8, 4) is 22.8 Å². The maximum absolute atomic E-state index is 12.5. The minimum absolute atomic E-state index is 0.213. The van der Waals surface area contributed by atoms with Crippen molar-refractivity contribution in [1.29, 1.82) is 0 Å². The number of halogens is 1. The van der Waals surface area contributed by atoms with Gasteiger partial charge in [-0.05, 0) is 37.1 Å². The fourth-order valence-electron chi connectivity index (χ4n) is 3.25. The average Bonchev–Trinajstić information content (AvgIpc) is 2.64. The van der Waals surface area contributed by atoms with Gasteiger partial charge in [-0.2, -0.15) is 0 Å². The second-order valence-electron chi connectivity index (χ2n) is 6.70. The third-order valence-corrected chi connectivity index (χ3v) is 5.20. The van der Waals surface area contributed by atoms with Crippen LogP contribution < -0.4 is 14.9 Å². The second kappa shape index (κ2) is 7.20. The lowest BCUT2D eigenvalue weighted by molar-refractivity contribution is -0.147. The minimum atomic E-state index is -0.819. The van der Waals surface area contributed by atoms with Crippen molar-refractivity contribution in [2.45, 2.75) is 18.9 Å². The van der Waals surface area contributed by atoms with E-state index in [1.165, 1.54) is 6.07 Å². The van der Waals surface area contributed by atoms with Gasteiger partial charge in [0.1, 0.15) is 23.4 Å². The Balaban J connectivity index is 1.75. The highest BCUT2D eigenvalue weighted by Crippen LogP contribution is 2.39. The summed E-state index contributed by atoms with van der Waals surface area (Å²) in [5.74, 6) is 0.145. The van der Waals surface area contributed by atoms with Crippen molar-refractivity contribution >= 4 is 28.5 Å². The molecule has 0 amide bonds. The molecule has 4 rings (SSSR count). The van der Waals surface area contributed by atoms with E-state index in [1.54, 1.807) is 43.5 Å². The second-order valence-corrected chi connectivity index (χ2v) is 7.11. The standard InChI is InChI=1S/C21H17ClO6/c1-26-12-5-6-15(18(9-12)27-13-7-11(8-13)21(24)25)19-10-17(23)14-3-2-4-16(22)20(14)28-19/h2-6,9-11,13H,7-8H2,1H3,(H,24,25). The Morgan fingerprint density at radius 2 is 2.00 bits per heavy atom. The number of hydrogen-bond acceptors (Lipinski definition) is 5. The summed E-state index contributed by atoms with van der Waals surface area (Å²) in [5.41, 5.74) is 0.664. The van der Waals surface area contributed by atoms with Gasteiger partial charge in [-0.25, -0.2) is 0 Å². The van der Waals surface area contributed by atoms with Crippen LogP contribution in [-0.4, -0.2) is 24.3 Å². The molecular formula is C21H17ClO6. The third-order valence-electron chi connectivity index (χ3n) is 4.90. The number of para-hydroxylation sites is 1. The lowest BCUT2D eigenvalue weighted by Gasteiger charge is -2.33. The summed E-state index contributed by atoms with van der Waals surface area (Å²) in [7, 11) is 1.54. The van der Waals surface area contributed by atoms with E-state index in [2.05, 4.69) is 0 Å². The van der Waals surface area contributed by atoms with Gasteiger partial charge in [-0.3, -0.25) is 9.59 Å². The first-order valence-electron chi connectivity index (χ1n) is 8.76. The molecule has 1 fully saturated rings. The zero-order valence-electron chi connectivity index (χ0n) is 15.0. The van der Waals surface area contributed by atoms with Crippen LogP contribution in [0.25, 0.3) is 22.3 Å². The van der Waals surface area contributed by atoms with Crippen molar-refractivity contribution < 1.29 is 23.8 Å². The highest BCUT2D eigenvalue weighted by atomic mass is 35.5. The molecule has 144 valence electrons. The number of rotatable bonds is 5. The molecule has 1 aliphatic rings. The maximum Gasteiger partial charge on any atom is 0.306 e. The molecule has 0 bridgehead atoms. The molecule has 1 heterocycles. The summed E-state index contributed by atoms with van der Waals surface area (Å²) in [6, 6.07) is 11.6. The van der Waals surface area contributed by atoms with Crippen molar-refractivity contribution in [2.75, 3.05) is 7.11 Å². The first-order valence-corrected chi connectivity index (χ1v) is 9.14. The van der Waals surface area contributed by atoms with Crippen LogP contribution in [0.1, 0.15) is 12.8 Å². The van der Waals surface area contributed by atoms with Crippen LogP contribution in [0.3, 0.4) is 0 Å². The first-order chi connectivity index (χ1) is 13.5. The highest BCUT2D eigenvalue weighted by Gasteiger charge is 2.36. The molecule has 0 aliphatic heterocycles. The molecular weight excluding hydrogens is 384 g/mol. The molecule has 0 unspecified atom stereocenters. The van der Waals surface area contributed by atoms with E-state index in [4.69, 9.17) is 30.6 Å². The van der Waals surface area contributed by atoms with Gasteiger partial charge >= 0.3 is 5.97 Å². The monoisotopic (exact) mass is 400 g/mol. The lowest BCUT2D eigenvalue weighted by Crippen LogP contribution is -2.38. The van der Waals surface area contributed by atoms with E-state index in [9.17, 15) is 9.59 Å². The molecule has 0 atom stereocenters. The Morgan fingerprint density at radius 1 is 1.21 bits per heavy atom. The van der Waals surface area contributed by atoms with Gasteiger partial charge in [0.25, 0.3) is 0 Å². The summed E-state index contributed by atoms with van der Waals surface area (Å²) in [4.78, 5) is 23.5. The smallest absolute Gasteiger partial charge is 0.306 e. The number of benzene rings is 2. The molecule has 0 radical (unpaired) electrons. The Kier molecular flexibility index (Phi) is 4.73. The summed E-state index contributed by atoms with van der Waals surface area (Å²) in [6.07, 6.45) is 0.640. The third kappa shape index (κ3) is 3.31. The van der Waals surface area contributed by atoms with Gasteiger partial charge < -0.3 is 19.0 Å². The van der Waals surface area contributed by atoms with Gasteiger partial charge in [0.15, 0.2) is 11.0 Å². The van der Waals surface area contributed by atoms with E-state index in [1.807, 2.05) is 0 Å².